The number of piperazine rings is 1. The Morgan fingerprint density at radius 2 is 1.68 bits per heavy atom. The van der Waals surface area contributed by atoms with Crippen LogP contribution in [-0.2, 0) is 7.05 Å². The summed E-state index contributed by atoms with van der Waals surface area (Å²) in [5.74, 6) is -2.13. The van der Waals surface area contributed by atoms with Gasteiger partial charge in [-0.1, -0.05) is 0 Å². The average Bonchev–Trinajstić information content (AvgIpc) is 3.48. The number of carbonyl (C=O) groups excluding carboxylic acids is 2. The van der Waals surface area contributed by atoms with E-state index in [2.05, 4.69) is 10.1 Å². The van der Waals surface area contributed by atoms with Gasteiger partial charge < -0.3 is 14.2 Å². The van der Waals surface area contributed by atoms with Crippen LogP contribution in [0.25, 0.3) is 22.5 Å². The van der Waals surface area contributed by atoms with Crippen LogP contribution >= 0.6 is 0 Å². The maximum absolute atomic E-state index is 13.6. The van der Waals surface area contributed by atoms with Crippen LogP contribution in [0.2, 0.25) is 0 Å². The molecular weight excluding hydrogens is 444 g/mol. The Labute approximate surface area is 193 Å². The highest BCUT2D eigenvalue weighted by Gasteiger charge is 2.29. The number of halogens is 2. The number of aromatic nitrogens is 3. The summed E-state index contributed by atoms with van der Waals surface area (Å²) in [5.41, 5.74) is 2.32. The number of hydrogen-bond donors (Lipinski definition) is 0. The fraction of sp³-hybridized carbons (Fsp3) is 0.250. The molecule has 2 amide bonds. The molecule has 3 aromatic heterocycles. The Morgan fingerprint density at radius 1 is 0.971 bits per heavy atom. The number of rotatable bonds is 3. The second-order valence-electron chi connectivity index (χ2n) is 8.15. The summed E-state index contributed by atoms with van der Waals surface area (Å²) in [6.07, 6.45) is 1.54. The van der Waals surface area contributed by atoms with Crippen molar-refractivity contribution < 1.29 is 22.8 Å². The quantitative estimate of drug-likeness (QED) is 0.463. The first kappa shape index (κ1) is 21.7. The lowest BCUT2D eigenvalue weighted by Gasteiger charge is -2.35. The molecule has 4 aromatic rings. The van der Waals surface area contributed by atoms with Crippen molar-refractivity contribution in [2.75, 3.05) is 26.2 Å². The first-order valence-corrected chi connectivity index (χ1v) is 10.8. The van der Waals surface area contributed by atoms with Gasteiger partial charge in [0.1, 0.15) is 5.69 Å². The van der Waals surface area contributed by atoms with Crippen molar-refractivity contribution in [2.45, 2.75) is 6.92 Å². The van der Waals surface area contributed by atoms with Crippen LogP contribution in [-0.4, -0.2) is 62.6 Å². The minimum atomic E-state index is -1.07. The molecule has 1 saturated heterocycles. The van der Waals surface area contributed by atoms with Crippen LogP contribution in [0, 0.1) is 18.6 Å². The van der Waals surface area contributed by atoms with Crippen molar-refractivity contribution in [3.63, 3.8) is 0 Å². The lowest BCUT2D eigenvalue weighted by atomic mass is 10.1. The molecule has 8 nitrogen and oxygen atoms in total. The summed E-state index contributed by atoms with van der Waals surface area (Å²) < 4.78 is 33.9. The maximum Gasteiger partial charge on any atom is 0.254 e. The van der Waals surface area contributed by atoms with Gasteiger partial charge in [0.25, 0.3) is 11.8 Å². The van der Waals surface area contributed by atoms with E-state index in [-0.39, 0.29) is 24.6 Å². The van der Waals surface area contributed by atoms with E-state index in [0.29, 0.717) is 46.8 Å². The summed E-state index contributed by atoms with van der Waals surface area (Å²) in [6.45, 7) is 2.97. The lowest BCUT2D eigenvalue weighted by Crippen LogP contribution is -2.50. The molecule has 1 aromatic carbocycles. The number of nitrogens with zero attached hydrogens (tertiary/aromatic N) is 5. The molecular formula is C24H21F2N5O3. The number of amides is 2. The molecule has 0 radical (unpaired) electrons. The molecule has 1 aliphatic heterocycles. The first-order chi connectivity index (χ1) is 16.3. The van der Waals surface area contributed by atoms with Crippen molar-refractivity contribution in [3.05, 3.63) is 71.1 Å². The van der Waals surface area contributed by atoms with E-state index >= 15 is 0 Å². The Hall–Kier alpha value is -4.08. The molecule has 1 aliphatic rings. The number of hydrogen-bond acceptors (Lipinski definition) is 5. The van der Waals surface area contributed by atoms with Gasteiger partial charge in [-0.15, -0.1) is 0 Å². The summed E-state index contributed by atoms with van der Waals surface area (Å²) >= 11 is 0. The standard InChI is InChI=1S/C24H21F2N5O3/c1-14-21-16(13-19(20-4-3-11-34-20)27-22(21)29(2)28-14)24(33)31-9-7-30(8-10-31)23(32)15-5-6-17(25)18(26)12-15/h3-6,11-13H,7-10H2,1-2H3. The zero-order chi connectivity index (χ0) is 24.0. The Morgan fingerprint density at radius 3 is 2.32 bits per heavy atom. The Kier molecular flexibility index (Phi) is 5.35. The van der Waals surface area contributed by atoms with Crippen LogP contribution in [0.4, 0.5) is 8.78 Å². The molecule has 0 spiro atoms. The molecule has 0 bridgehead atoms. The van der Waals surface area contributed by atoms with E-state index in [1.807, 2.05) is 6.92 Å². The summed E-state index contributed by atoms with van der Waals surface area (Å²) in [7, 11) is 1.77. The van der Waals surface area contributed by atoms with E-state index in [9.17, 15) is 18.4 Å². The van der Waals surface area contributed by atoms with E-state index in [0.717, 1.165) is 12.1 Å². The van der Waals surface area contributed by atoms with Crippen LogP contribution < -0.4 is 0 Å². The van der Waals surface area contributed by atoms with E-state index < -0.39 is 17.5 Å². The third-order valence-electron chi connectivity index (χ3n) is 5.99. The summed E-state index contributed by atoms with van der Waals surface area (Å²) in [6, 6.07) is 8.31. The highest BCUT2D eigenvalue weighted by atomic mass is 19.2. The fourth-order valence-electron chi connectivity index (χ4n) is 4.26. The first-order valence-electron chi connectivity index (χ1n) is 10.8. The van der Waals surface area contributed by atoms with Crippen LogP contribution in [0.5, 0.6) is 0 Å². The van der Waals surface area contributed by atoms with Gasteiger partial charge >= 0.3 is 0 Å². The topological polar surface area (TPSA) is 84.5 Å². The van der Waals surface area contributed by atoms with E-state index in [4.69, 9.17) is 4.42 Å². The predicted molar refractivity (Wildman–Crippen MR) is 119 cm³/mol. The van der Waals surface area contributed by atoms with E-state index in [1.165, 1.54) is 11.0 Å². The number of carbonyl (C=O) groups is 2. The maximum atomic E-state index is 13.6. The van der Waals surface area contributed by atoms with Crippen molar-refractivity contribution in [3.8, 4) is 11.5 Å². The number of aryl methyl sites for hydroxylation is 2. The monoisotopic (exact) mass is 465 g/mol. The van der Waals surface area contributed by atoms with Crippen LogP contribution in [0.1, 0.15) is 26.4 Å². The molecule has 34 heavy (non-hydrogen) atoms. The van der Waals surface area contributed by atoms with Crippen LogP contribution in [0.15, 0.2) is 47.1 Å². The highest BCUT2D eigenvalue weighted by molar-refractivity contribution is 6.07. The summed E-state index contributed by atoms with van der Waals surface area (Å²) in [5, 5.41) is 5.10. The number of furan rings is 1. The minimum absolute atomic E-state index is 0.0728. The van der Waals surface area contributed by atoms with Crippen molar-refractivity contribution in [1.82, 2.24) is 24.6 Å². The number of pyridine rings is 1. The Balaban J connectivity index is 1.40. The highest BCUT2D eigenvalue weighted by Crippen LogP contribution is 2.28. The SMILES string of the molecule is Cc1nn(C)c2nc(-c3ccco3)cc(C(=O)N3CCN(C(=O)c4ccc(F)c(F)c4)CC3)c12. The lowest BCUT2D eigenvalue weighted by molar-refractivity contribution is 0.0536. The Bertz CT molecular complexity index is 1410. The van der Waals surface area contributed by atoms with Crippen molar-refractivity contribution in [1.29, 1.82) is 0 Å². The largest absolute Gasteiger partial charge is 0.463 e. The second-order valence-corrected chi connectivity index (χ2v) is 8.15. The molecule has 0 saturated carbocycles. The summed E-state index contributed by atoms with van der Waals surface area (Å²) in [4.78, 5) is 34.1. The fourth-order valence-corrected chi connectivity index (χ4v) is 4.26. The predicted octanol–water partition coefficient (Wildman–Crippen LogP) is 3.41. The number of fused-ring (bicyclic) bond motifs is 1. The van der Waals surface area contributed by atoms with Crippen LogP contribution in [0.3, 0.4) is 0 Å². The molecule has 5 rings (SSSR count). The molecule has 10 heteroatoms. The smallest absolute Gasteiger partial charge is 0.254 e. The van der Waals surface area contributed by atoms with Gasteiger partial charge in [-0.2, -0.15) is 5.10 Å². The molecule has 0 atom stereocenters. The molecule has 0 unspecified atom stereocenters. The van der Waals surface area contributed by atoms with Gasteiger partial charge in [-0.3, -0.25) is 14.3 Å². The zero-order valence-corrected chi connectivity index (χ0v) is 18.6. The van der Waals surface area contributed by atoms with Gasteiger partial charge in [-0.25, -0.2) is 13.8 Å². The molecule has 0 N–H and O–H groups in total. The third kappa shape index (κ3) is 3.70. The minimum Gasteiger partial charge on any atom is -0.463 e. The number of benzene rings is 1. The van der Waals surface area contributed by atoms with Gasteiger partial charge in [0, 0.05) is 38.8 Å². The zero-order valence-electron chi connectivity index (χ0n) is 18.6. The van der Waals surface area contributed by atoms with Gasteiger partial charge in [-0.05, 0) is 43.3 Å². The van der Waals surface area contributed by atoms with Crippen molar-refractivity contribution >= 4 is 22.8 Å². The normalized spacial score (nSPS) is 14.1. The third-order valence-corrected chi connectivity index (χ3v) is 5.99. The van der Waals surface area contributed by atoms with E-state index in [1.54, 1.807) is 41.1 Å². The molecule has 1 fully saturated rings. The second kappa shape index (κ2) is 8.36. The van der Waals surface area contributed by atoms with Gasteiger partial charge in [0.05, 0.1) is 22.9 Å². The molecule has 4 heterocycles. The van der Waals surface area contributed by atoms with Gasteiger partial charge in [0.15, 0.2) is 23.0 Å². The van der Waals surface area contributed by atoms with Crippen molar-refractivity contribution in [2.24, 2.45) is 7.05 Å². The molecule has 174 valence electrons. The molecule has 0 aliphatic carbocycles. The average molecular weight is 465 g/mol. The van der Waals surface area contributed by atoms with Gasteiger partial charge in [0.2, 0.25) is 0 Å².